The molecule has 0 aliphatic carbocycles. The van der Waals surface area contributed by atoms with Gasteiger partial charge in [-0.15, -0.1) is 0 Å². The highest BCUT2D eigenvalue weighted by molar-refractivity contribution is 7.47. The van der Waals surface area contributed by atoms with Crippen molar-refractivity contribution in [3.05, 3.63) is 63.9 Å². The Hall–Kier alpha value is -7.00. The minimum absolute atomic E-state index is 0.00821. The zero-order valence-electron chi connectivity index (χ0n) is 56.6. The van der Waals surface area contributed by atoms with Gasteiger partial charge in [-0.05, 0) is 145 Å². The lowest BCUT2D eigenvalue weighted by molar-refractivity contribution is -0.122. The van der Waals surface area contributed by atoms with Crippen molar-refractivity contribution in [3.8, 4) is 0 Å². The molecular weight excluding hydrogens is 1240 g/mol. The SMILES string of the molecule is C/C1=C2N=C(/C=C3\N/C(=C(/C)C4=NC([C@@H]5N=C1[C@](C)(CCC(=O)NC[C@@H](C)OP(=O)(O)O[C@H]1[C@@H](O)[C@@H](n6cnc7cc(C)c(C)cc76)O[C@@H]1CO)[C@H]5CCC(N)=O)[C@@](C)(CCC(N)=O)[C@@H]4CCCC(N)=O)[C@@](C)(CCC(N)=O)[C@@H]3CCCC(N)=O)C(C)(C)[C@@H]/2CCCC(N)=O. The Kier molecular flexibility index (Phi) is 22.8. The van der Waals surface area contributed by atoms with Crippen LogP contribution in [0.25, 0.3) is 11.0 Å². The Morgan fingerprint density at radius 3 is 1.91 bits per heavy atom. The topological polar surface area (TPSA) is 460 Å². The standard InChI is InChI=1S/C67H100N13O14P/c1-34-28-44-45(29-35(34)2)80(33-75-44)63-58(89)59(46(32-81)92-63)94-95(90,91)93-36(3)31-74-54(88)24-27-66(9)42(20-21-51(71)85)57-62-67(10,26-23-53(73)87)41(16-13-19-50(70)84)56(78-62)38(5)60-65(8,25-22-52(72)86)39(14-11-17-48(68)82)43(76-60)30-47-64(6,7)40(15-12-18-49(69)83)55(77-47)37(4)61(66)79-57/h28-30,33,36,39-42,46,57-59,62-63,76,81,89H,11-27,31-32H2,1-10H3,(H2,68,82)(H2,69,83)(H2,70,84)(H2,71,85)(H2,72,86)(H2,73,87)(H,74,88)(H,90,91)/b43-30-,55-37-,60-38-/t36-,39-,40-,41-,42+,46-,57-,58-,59-,62?,63+,65+,66-,67+/m1/s1. The zero-order valence-corrected chi connectivity index (χ0v) is 57.5. The molecule has 8 rings (SSSR count). The number of ether oxygens (including phenoxy) is 1. The molecule has 6 aliphatic heterocycles. The number of carbonyl (C=O) groups is 7. The Bertz CT molecular complexity index is 3590. The molecule has 2 unspecified atom stereocenters. The van der Waals surface area contributed by atoms with E-state index in [1.54, 1.807) is 4.57 Å². The van der Waals surface area contributed by atoms with Gasteiger partial charge in [0.05, 0.1) is 42.2 Å². The number of imidazole rings is 1. The lowest BCUT2D eigenvalue weighted by atomic mass is 9.60. The summed E-state index contributed by atoms with van der Waals surface area (Å²) in [6, 6.07) is 2.23. The molecule has 27 nitrogen and oxygen atoms in total. The molecule has 28 heteroatoms. The molecule has 2 saturated heterocycles. The molecule has 1 aromatic heterocycles. The molecule has 0 radical (unpaired) electrons. The van der Waals surface area contributed by atoms with E-state index in [9.17, 15) is 53.2 Å². The number of hydrogen-bond acceptors (Lipinski definition) is 18. The number of carbonyl (C=O) groups excluding carboxylic acids is 7. The quantitative estimate of drug-likeness (QED) is 0.0424. The number of nitrogens with two attached hydrogens (primary N) is 6. The van der Waals surface area contributed by atoms with E-state index in [1.807, 2.05) is 59.8 Å². The van der Waals surface area contributed by atoms with Crippen molar-refractivity contribution >= 4 is 77.3 Å². The number of aromatic nitrogens is 2. The first-order valence-corrected chi connectivity index (χ1v) is 34.7. The number of nitrogens with zero attached hydrogens (tertiary/aromatic N) is 5. The van der Waals surface area contributed by atoms with Crippen molar-refractivity contribution in [2.24, 2.45) is 94.7 Å². The molecule has 7 heterocycles. The number of aliphatic hydroxyl groups excluding tert-OH is 2. The summed E-state index contributed by atoms with van der Waals surface area (Å²) < 4.78 is 32.5. The summed E-state index contributed by atoms with van der Waals surface area (Å²) >= 11 is 0. The highest BCUT2D eigenvalue weighted by Crippen LogP contribution is 2.60. The maximum atomic E-state index is 14.5. The fourth-order valence-electron chi connectivity index (χ4n) is 16.1. The van der Waals surface area contributed by atoms with Crippen LogP contribution in [0.3, 0.4) is 0 Å². The number of aliphatic imine (C=N–C) groups is 3. The molecule has 2 aromatic rings. The molecule has 2 fully saturated rings. The highest BCUT2D eigenvalue weighted by Gasteiger charge is 2.60. The van der Waals surface area contributed by atoms with Crippen LogP contribution in [0, 0.1) is 59.2 Å². The number of rotatable bonds is 32. The number of primary amides is 6. The average molecular weight is 1340 g/mol. The fraction of sp³-hybridized carbons (Fsp3) is 0.657. The van der Waals surface area contributed by atoms with Gasteiger partial charge in [0, 0.05) is 125 Å². The van der Waals surface area contributed by atoms with Crippen LogP contribution in [0.5, 0.6) is 0 Å². The highest BCUT2D eigenvalue weighted by atomic mass is 31.2. The molecule has 0 saturated carbocycles. The summed E-state index contributed by atoms with van der Waals surface area (Å²) in [5.74, 6) is -5.32. The summed E-state index contributed by atoms with van der Waals surface area (Å²) in [6.45, 7) is 18.6. The Morgan fingerprint density at radius 1 is 0.737 bits per heavy atom. The van der Waals surface area contributed by atoms with Crippen LogP contribution in [-0.2, 0) is 51.9 Å². The first-order chi connectivity index (χ1) is 44.5. The maximum Gasteiger partial charge on any atom is 0.472 e. The molecule has 15 atom stereocenters. The molecule has 6 aliphatic rings. The van der Waals surface area contributed by atoms with Crippen LogP contribution >= 0.6 is 7.82 Å². The van der Waals surface area contributed by atoms with Crippen LogP contribution in [0.1, 0.15) is 182 Å². The number of hydrogen-bond donors (Lipinski definition) is 11. The van der Waals surface area contributed by atoms with Crippen molar-refractivity contribution in [1.29, 1.82) is 0 Å². The number of aliphatic hydroxyl groups is 2. The fourth-order valence-corrected chi connectivity index (χ4v) is 17.3. The summed E-state index contributed by atoms with van der Waals surface area (Å²) in [6.07, 6.45) is 0.147. The van der Waals surface area contributed by atoms with Gasteiger partial charge in [-0.1, -0.05) is 34.6 Å². The number of fused-ring (bicyclic) bond motifs is 7. The van der Waals surface area contributed by atoms with Crippen LogP contribution in [-0.4, -0.2) is 133 Å². The number of allylic oxidation sites excluding steroid dienone is 6. The predicted octanol–water partition coefficient (Wildman–Crippen LogP) is 5.11. The molecule has 0 spiro atoms. The van der Waals surface area contributed by atoms with E-state index < -0.39 is 132 Å². The number of aryl methyl sites for hydroxylation is 2. The molecule has 8 bridgehead atoms. The summed E-state index contributed by atoms with van der Waals surface area (Å²) in [7, 11) is -5.05. The summed E-state index contributed by atoms with van der Waals surface area (Å²) in [4.78, 5) is 124. The van der Waals surface area contributed by atoms with E-state index in [2.05, 4.69) is 36.4 Å². The molecule has 7 amide bonds. The van der Waals surface area contributed by atoms with Crippen molar-refractivity contribution in [2.75, 3.05) is 13.2 Å². The minimum Gasteiger partial charge on any atom is -0.394 e. The molecule has 95 heavy (non-hydrogen) atoms. The summed E-state index contributed by atoms with van der Waals surface area (Å²) in [5, 5.41) is 28.6. The van der Waals surface area contributed by atoms with Crippen molar-refractivity contribution in [1.82, 2.24) is 20.2 Å². The average Bonchev–Trinajstić information content (AvgIpc) is 1.55. The second-order valence-electron chi connectivity index (χ2n) is 28.6. The number of phosphoric ester groups is 1. The number of benzene rings is 1. The summed E-state index contributed by atoms with van der Waals surface area (Å²) in [5.41, 5.74) is 40.6. The van der Waals surface area contributed by atoms with E-state index in [0.29, 0.717) is 78.0 Å². The molecule has 17 N–H and O–H groups in total. The van der Waals surface area contributed by atoms with E-state index >= 15 is 0 Å². The number of amides is 7. The van der Waals surface area contributed by atoms with Gasteiger partial charge in [-0.25, -0.2) is 9.55 Å². The van der Waals surface area contributed by atoms with Gasteiger partial charge in [0.1, 0.15) is 18.3 Å². The largest absolute Gasteiger partial charge is 0.472 e. The van der Waals surface area contributed by atoms with Gasteiger partial charge < -0.3 is 69.4 Å². The Balaban J connectivity index is 1.21. The predicted molar refractivity (Wildman–Crippen MR) is 357 cm³/mol. The normalized spacial score (nSPS) is 32.3. The van der Waals surface area contributed by atoms with Gasteiger partial charge in [0.25, 0.3) is 0 Å². The second-order valence-corrected chi connectivity index (χ2v) is 29.9. The van der Waals surface area contributed by atoms with Crippen molar-refractivity contribution < 1.29 is 67.0 Å². The number of nitrogens with one attached hydrogen (secondary N) is 2. The molecular formula is C67H100N13O14P. The smallest absolute Gasteiger partial charge is 0.394 e. The minimum atomic E-state index is -5.05. The molecule has 1 aromatic carbocycles. The lowest BCUT2D eigenvalue weighted by Crippen LogP contribution is -2.47. The first kappa shape index (κ1) is 73.8. The monoisotopic (exact) mass is 1340 g/mol. The number of phosphoric acid groups is 1. The van der Waals surface area contributed by atoms with Gasteiger partial charge in [-0.3, -0.25) is 57.6 Å². The lowest BCUT2D eigenvalue weighted by Gasteiger charge is -2.42. The zero-order chi connectivity index (χ0) is 70.0. The van der Waals surface area contributed by atoms with E-state index in [4.69, 9.17) is 63.2 Å². The van der Waals surface area contributed by atoms with E-state index in [1.165, 1.54) is 13.3 Å². The van der Waals surface area contributed by atoms with Gasteiger partial charge in [0.2, 0.25) is 41.4 Å². The van der Waals surface area contributed by atoms with E-state index in [0.717, 1.165) is 28.1 Å². The molecule has 522 valence electrons. The van der Waals surface area contributed by atoms with Crippen LogP contribution < -0.4 is 45.0 Å². The Morgan fingerprint density at radius 2 is 1.31 bits per heavy atom. The third-order valence-electron chi connectivity index (χ3n) is 21.6. The van der Waals surface area contributed by atoms with Gasteiger partial charge in [0.15, 0.2) is 6.23 Å². The first-order valence-electron chi connectivity index (χ1n) is 33.2. The van der Waals surface area contributed by atoms with Gasteiger partial charge >= 0.3 is 7.82 Å². The van der Waals surface area contributed by atoms with Crippen LogP contribution in [0.15, 0.2) is 67.8 Å². The van der Waals surface area contributed by atoms with Crippen LogP contribution in [0.4, 0.5) is 0 Å². The van der Waals surface area contributed by atoms with Gasteiger partial charge in [-0.2, -0.15) is 0 Å². The van der Waals surface area contributed by atoms with Crippen LogP contribution in [0.2, 0.25) is 0 Å². The third kappa shape index (κ3) is 15.7. The van der Waals surface area contributed by atoms with Crippen molar-refractivity contribution in [3.63, 3.8) is 0 Å². The van der Waals surface area contributed by atoms with Crippen molar-refractivity contribution in [2.45, 2.75) is 221 Å². The van der Waals surface area contributed by atoms with E-state index in [-0.39, 0.29) is 89.0 Å². The second kappa shape index (κ2) is 29.4. The third-order valence-corrected chi connectivity index (χ3v) is 22.7. The Labute approximate surface area is 555 Å². The maximum absolute atomic E-state index is 14.5.